The zero-order valence-corrected chi connectivity index (χ0v) is 20.3. The number of nitrogens with zero attached hydrogens (tertiary/aromatic N) is 3. The van der Waals surface area contributed by atoms with Gasteiger partial charge in [-0.05, 0) is 48.4 Å². The minimum atomic E-state index is -0.332. The maximum Gasteiger partial charge on any atom is 0.260 e. The van der Waals surface area contributed by atoms with Crippen LogP contribution in [0.3, 0.4) is 0 Å². The topological polar surface area (TPSA) is 73.7 Å². The fourth-order valence-electron chi connectivity index (χ4n) is 4.53. The molecule has 7 heteroatoms. The van der Waals surface area contributed by atoms with E-state index in [0.717, 1.165) is 42.2 Å². The van der Waals surface area contributed by atoms with Crippen LogP contribution in [0.2, 0.25) is 0 Å². The molecule has 0 N–H and O–H groups in total. The Morgan fingerprint density at radius 3 is 2.78 bits per heavy atom. The Labute approximate surface area is 209 Å². The van der Waals surface area contributed by atoms with E-state index >= 15 is 0 Å². The van der Waals surface area contributed by atoms with Gasteiger partial charge in [0.05, 0.1) is 31.0 Å². The van der Waals surface area contributed by atoms with Crippen LogP contribution < -0.4 is 10.2 Å². The lowest BCUT2D eigenvalue weighted by atomic mass is 10.1. The smallest absolute Gasteiger partial charge is 0.260 e. The summed E-state index contributed by atoms with van der Waals surface area (Å²) in [5, 5.41) is 0.523. The fraction of sp³-hybridized carbons (Fsp3) is 0.276. The van der Waals surface area contributed by atoms with Crippen LogP contribution in [0.4, 0.5) is 0 Å². The van der Waals surface area contributed by atoms with Crippen LogP contribution in [0.1, 0.15) is 28.0 Å². The molecule has 1 fully saturated rings. The molecule has 2 aromatic heterocycles. The summed E-state index contributed by atoms with van der Waals surface area (Å²) in [5.41, 5.74) is 2.32. The average Bonchev–Trinajstić information content (AvgIpc) is 3.44. The summed E-state index contributed by atoms with van der Waals surface area (Å²) < 4.78 is 13.3. The number of aryl methyl sites for hydroxylation is 1. The van der Waals surface area contributed by atoms with Gasteiger partial charge < -0.3 is 18.9 Å². The van der Waals surface area contributed by atoms with Gasteiger partial charge in [0.25, 0.3) is 5.91 Å². The van der Waals surface area contributed by atoms with Crippen LogP contribution in [-0.2, 0) is 24.9 Å². The van der Waals surface area contributed by atoms with Crippen molar-refractivity contribution in [2.75, 3.05) is 19.8 Å². The van der Waals surface area contributed by atoms with E-state index in [2.05, 4.69) is 4.98 Å². The number of hydrogen-bond acceptors (Lipinski definition) is 5. The summed E-state index contributed by atoms with van der Waals surface area (Å²) >= 11 is 0. The van der Waals surface area contributed by atoms with Gasteiger partial charge in [-0.2, -0.15) is 0 Å². The highest BCUT2D eigenvalue weighted by Crippen LogP contribution is 2.20. The number of benzene rings is 2. The van der Waals surface area contributed by atoms with E-state index in [1.165, 1.54) is 0 Å². The number of carbonyl (C=O) groups is 1. The highest BCUT2D eigenvalue weighted by molar-refractivity contribution is 5.97. The number of rotatable bonds is 8. The molecule has 0 aliphatic carbocycles. The molecule has 1 atom stereocenters. The molecule has 2 aromatic carbocycles. The second-order valence-corrected chi connectivity index (χ2v) is 9.17. The van der Waals surface area contributed by atoms with Gasteiger partial charge >= 0.3 is 0 Å². The highest BCUT2D eigenvalue weighted by Gasteiger charge is 2.22. The molecule has 0 spiro atoms. The molecule has 1 unspecified atom stereocenters. The van der Waals surface area contributed by atoms with Gasteiger partial charge in [0, 0.05) is 43.9 Å². The molecule has 0 bridgehead atoms. The molecule has 0 radical (unpaired) electrons. The van der Waals surface area contributed by atoms with Crippen molar-refractivity contribution < 1.29 is 14.3 Å². The Kier molecular flexibility index (Phi) is 7.09. The number of ether oxygens (including phenoxy) is 2. The molecule has 4 aromatic rings. The molecular formula is C29H29N3O4. The van der Waals surface area contributed by atoms with Crippen LogP contribution in [-0.4, -0.2) is 40.2 Å². The summed E-state index contributed by atoms with van der Waals surface area (Å²) in [6.07, 6.45) is 4.34. The van der Waals surface area contributed by atoms with Crippen molar-refractivity contribution >= 4 is 16.8 Å². The number of pyridine rings is 2. The van der Waals surface area contributed by atoms with Gasteiger partial charge in [0.15, 0.2) is 0 Å². The molecule has 3 heterocycles. The van der Waals surface area contributed by atoms with Crippen LogP contribution in [0.5, 0.6) is 5.75 Å². The van der Waals surface area contributed by atoms with Crippen LogP contribution >= 0.6 is 0 Å². The monoisotopic (exact) mass is 483 g/mol. The van der Waals surface area contributed by atoms with E-state index in [1.54, 1.807) is 23.4 Å². The molecule has 1 amide bonds. The standard InChI is InChI=1S/C29H29N3O4/c1-31-18-26(28(33)25-10-2-3-11-27(25)31)29(34)32(17-23-8-4-5-13-30-23)16-21-7-6-9-24(15-21)36-20-22-12-14-35-19-22/h2-11,13,15,18,22H,12,14,16-17,19-20H2,1H3. The number of aromatic nitrogens is 2. The summed E-state index contributed by atoms with van der Waals surface area (Å²) in [6, 6.07) is 20.7. The lowest BCUT2D eigenvalue weighted by molar-refractivity contribution is 0.0725. The SMILES string of the molecule is Cn1cc(C(=O)N(Cc2cccc(OCC3CCOC3)c2)Cc2ccccn2)c(=O)c2ccccc21. The largest absolute Gasteiger partial charge is 0.493 e. The Bertz CT molecular complexity index is 1410. The molecule has 1 saturated heterocycles. The molecule has 5 rings (SSSR count). The lowest BCUT2D eigenvalue weighted by Gasteiger charge is -2.23. The zero-order valence-electron chi connectivity index (χ0n) is 20.3. The number of hydrogen-bond donors (Lipinski definition) is 0. The first kappa shape index (κ1) is 23.8. The van der Waals surface area contributed by atoms with E-state index in [1.807, 2.05) is 72.3 Å². The summed E-state index contributed by atoms with van der Waals surface area (Å²) in [6.45, 7) is 2.71. The van der Waals surface area contributed by atoms with Crippen molar-refractivity contribution in [2.24, 2.45) is 13.0 Å². The third-order valence-electron chi connectivity index (χ3n) is 6.47. The molecular weight excluding hydrogens is 454 g/mol. The molecule has 184 valence electrons. The fourth-order valence-corrected chi connectivity index (χ4v) is 4.53. The van der Waals surface area contributed by atoms with Crippen molar-refractivity contribution in [3.8, 4) is 5.75 Å². The summed E-state index contributed by atoms with van der Waals surface area (Å²) in [5.74, 6) is 0.827. The van der Waals surface area contributed by atoms with Gasteiger partial charge in [-0.3, -0.25) is 14.6 Å². The number of amides is 1. The van der Waals surface area contributed by atoms with Gasteiger partial charge in [-0.15, -0.1) is 0 Å². The van der Waals surface area contributed by atoms with Crippen molar-refractivity contribution in [3.05, 3.63) is 106 Å². The number of fused-ring (bicyclic) bond motifs is 1. The zero-order chi connectivity index (χ0) is 24.9. The van der Waals surface area contributed by atoms with E-state index in [0.29, 0.717) is 24.5 Å². The van der Waals surface area contributed by atoms with E-state index < -0.39 is 0 Å². The van der Waals surface area contributed by atoms with E-state index in [9.17, 15) is 9.59 Å². The van der Waals surface area contributed by atoms with Gasteiger partial charge in [-0.1, -0.05) is 30.3 Å². The highest BCUT2D eigenvalue weighted by atomic mass is 16.5. The van der Waals surface area contributed by atoms with E-state index in [4.69, 9.17) is 9.47 Å². The van der Waals surface area contributed by atoms with Gasteiger partial charge in [0.2, 0.25) is 5.43 Å². The summed E-state index contributed by atoms with van der Waals surface area (Å²) in [7, 11) is 1.85. The lowest BCUT2D eigenvalue weighted by Crippen LogP contribution is -2.34. The number of para-hydroxylation sites is 1. The minimum absolute atomic E-state index is 0.140. The molecule has 0 saturated carbocycles. The molecule has 36 heavy (non-hydrogen) atoms. The van der Waals surface area contributed by atoms with Gasteiger partial charge in [0.1, 0.15) is 11.3 Å². The average molecular weight is 484 g/mol. The predicted octanol–water partition coefficient (Wildman–Crippen LogP) is 4.19. The van der Waals surface area contributed by atoms with Gasteiger partial charge in [-0.25, -0.2) is 0 Å². The maximum absolute atomic E-state index is 13.8. The predicted molar refractivity (Wildman–Crippen MR) is 138 cm³/mol. The first-order chi connectivity index (χ1) is 17.6. The first-order valence-corrected chi connectivity index (χ1v) is 12.2. The quantitative estimate of drug-likeness (QED) is 0.376. The molecule has 1 aliphatic heterocycles. The Balaban J connectivity index is 1.43. The van der Waals surface area contributed by atoms with E-state index in [-0.39, 0.29) is 23.4 Å². The second-order valence-electron chi connectivity index (χ2n) is 9.17. The maximum atomic E-state index is 13.8. The Morgan fingerprint density at radius 1 is 1.11 bits per heavy atom. The second kappa shape index (κ2) is 10.7. The number of carbonyl (C=O) groups excluding carboxylic acids is 1. The van der Waals surface area contributed by atoms with Crippen molar-refractivity contribution in [2.45, 2.75) is 19.5 Å². The molecule has 7 nitrogen and oxygen atoms in total. The van der Waals surface area contributed by atoms with Crippen molar-refractivity contribution in [3.63, 3.8) is 0 Å². The Morgan fingerprint density at radius 2 is 1.97 bits per heavy atom. The van der Waals surface area contributed by atoms with Crippen molar-refractivity contribution in [1.29, 1.82) is 0 Å². The normalized spacial score (nSPS) is 15.2. The van der Waals surface area contributed by atoms with Crippen LogP contribution in [0.15, 0.2) is 83.9 Å². The third-order valence-corrected chi connectivity index (χ3v) is 6.47. The third kappa shape index (κ3) is 5.31. The first-order valence-electron chi connectivity index (χ1n) is 12.2. The van der Waals surface area contributed by atoms with Crippen LogP contribution in [0, 0.1) is 5.92 Å². The minimum Gasteiger partial charge on any atom is -0.493 e. The summed E-state index contributed by atoms with van der Waals surface area (Å²) in [4.78, 5) is 33.2. The molecule has 1 aliphatic rings. The van der Waals surface area contributed by atoms with Crippen molar-refractivity contribution in [1.82, 2.24) is 14.5 Å². The van der Waals surface area contributed by atoms with Crippen LogP contribution in [0.25, 0.3) is 10.9 Å². The Hall–Kier alpha value is -3.97.